The van der Waals surface area contributed by atoms with E-state index in [9.17, 15) is 9.59 Å². The minimum absolute atomic E-state index is 0.242. The zero-order chi connectivity index (χ0) is 15.7. The van der Waals surface area contributed by atoms with Crippen LogP contribution >= 0.6 is 23.5 Å². The van der Waals surface area contributed by atoms with E-state index in [1.807, 2.05) is 24.3 Å². The summed E-state index contributed by atoms with van der Waals surface area (Å²) >= 11 is 7.39. The maximum Gasteiger partial charge on any atom is 0.249 e. The molecule has 2 aromatic rings. The predicted molar refractivity (Wildman–Crippen MR) is 87.9 cm³/mol. The summed E-state index contributed by atoms with van der Waals surface area (Å²) in [6.07, 6.45) is 0. The van der Waals surface area contributed by atoms with Gasteiger partial charge in [-0.15, -0.1) is 0 Å². The summed E-state index contributed by atoms with van der Waals surface area (Å²) in [6.45, 7) is 0. The molecule has 0 aromatic heterocycles. The molecule has 1 heterocycles. The number of amides is 2. The fraction of sp³-hybridized carbons (Fsp3) is 0.125. The van der Waals surface area contributed by atoms with E-state index in [0.29, 0.717) is 10.7 Å². The molecule has 0 bridgehead atoms. The van der Waals surface area contributed by atoms with E-state index in [-0.39, 0.29) is 11.8 Å². The molecule has 6 heteroatoms. The van der Waals surface area contributed by atoms with Crippen molar-refractivity contribution in [3.63, 3.8) is 0 Å². The van der Waals surface area contributed by atoms with Crippen LogP contribution < -0.4 is 5.32 Å². The normalized spacial score (nSPS) is 17.1. The Hall–Kier alpha value is -1.98. The maximum atomic E-state index is 12.6. The van der Waals surface area contributed by atoms with E-state index in [1.165, 1.54) is 16.3 Å². The van der Waals surface area contributed by atoms with Crippen LogP contribution in [0.15, 0.2) is 53.4 Å². The second-order valence-electron chi connectivity index (χ2n) is 4.87. The second kappa shape index (κ2) is 6.02. The number of carbonyl (C=O) groups excluding carboxylic acids is 2. The van der Waals surface area contributed by atoms with E-state index in [1.54, 1.807) is 31.3 Å². The van der Waals surface area contributed by atoms with Crippen LogP contribution in [0.5, 0.6) is 0 Å². The van der Waals surface area contributed by atoms with Gasteiger partial charge in [-0.1, -0.05) is 41.9 Å². The number of carbonyl (C=O) groups is 2. The third-order valence-electron chi connectivity index (χ3n) is 3.42. The van der Waals surface area contributed by atoms with Crippen LogP contribution in [0.25, 0.3) is 0 Å². The first-order valence-electron chi connectivity index (χ1n) is 6.68. The molecular weight excluding hydrogens is 320 g/mol. The van der Waals surface area contributed by atoms with E-state index in [0.717, 1.165) is 10.5 Å². The Balaban J connectivity index is 1.94. The van der Waals surface area contributed by atoms with Crippen molar-refractivity contribution in [3.8, 4) is 0 Å². The first kappa shape index (κ1) is 14.9. The Bertz CT molecular complexity index is 750. The first-order chi connectivity index (χ1) is 10.6. The predicted octanol–water partition coefficient (Wildman–Crippen LogP) is 3.54. The van der Waals surface area contributed by atoms with Gasteiger partial charge in [0.25, 0.3) is 0 Å². The van der Waals surface area contributed by atoms with E-state index in [4.69, 9.17) is 11.6 Å². The average molecular weight is 333 g/mol. The molecule has 112 valence electrons. The van der Waals surface area contributed by atoms with Crippen molar-refractivity contribution < 1.29 is 9.59 Å². The molecule has 1 aliphatic rings. The van der Waals surface area contributed by atoms with E-state index < -0.39 is 5.92 Å². The highest BCUT2D eigenvalue weighted by atomic mass is 35.5. The lowest BCUT2D eigenvalue weighted by molar-refractivity contribution is -0.132. The largest absolute Gasteiger partial charge is 0.324 e. The SMILES string of the molecule is CN1Sc2ccccc2C(C(=O)Nc2ccccc2Cl)C1=O. The van der Waals surface area contributed by atoms with Gasteiger partial charge in [-0.3, -0.25) is 13.9 Å². The number of hydrogen-bond acceptors (Lipinski definition) is 3. The van der Waals surface area contributed by atoms with Gasteiger partial charge in [0.1, 0.15) is 5.92 Å². The van der Waals surface area contributed by atoms with Crippen molar-refractivity contribution in [2.75, 3.05) is 12.4 Å². The third-order valence-corrected chi connectivity index (χ3v) is 4.77. The minimum Gasteiger partial charge on any atom is -0.324 e. The van der Waals surface area contributed by atoms with Crippen LogP contribution in [0.1, 0.15) is 11.5 Å². The van der Waals surface area contributed by atoms with Crippen LogP contribution in [0, 0.1) is 0 Å². The molecule has 0 radical (unpaired) electrons. The first-order valence-corrected chi connectivity index (χ1v) is 7.83. The average Bonchev–Trinajstić information content (AvgIpc) is 2.50. The molecule has 1 aliphatic heterocycles. The highest BCUT2D eigenvalue weighted by molar-refractivity contribution is 7.97. The number of halogens is 1. The van der Waals surface area contributed by atoms with Crippen LogP contribution in [0.3, 0.4) is 0 Å². The van der Waals surface area contributed by atoms with Crippen LogP contribution in [0.2, 0.25) is 5.02 Å². The lowest BCUT2D eigenvalue weighted by atomic mass is 9.96. The summed E-state index contributed by atoms with van der Waals surface area (Å²) in [5, 5.41) is 3.18. The molecule has 1 unspecified atom stereocenters. The smallest absolute Gasteiger partial charge is 0.249 e. The van der Waals surface area contributed by atoms with Crippen molar-refractivity contribution in [3.05, 3.63) is 59.1 Å². The van der Waals surface area contributed by atoms with Crippen molar-refractivity contribution in [2.45, 2.75) is 10.8 Å². The Morgan fingerprint density at radius 1 is 1.18 bits per heavy atom. The number of nitrogens with zero attached hydrogens (tertiary/aromatic N) is 1. The standard InChI is InChI=1S/C16H13ClN2O2S/c1-19-16(21)14(10-6-2-5-9-13(10)22-19)15(20)18-12-8-4-3-7-11(12)17/h2-9,14H,1H3,(H,18,20). The van der Waals surface area contributed by atoms with Gasteiger partial charge < -0.3 is 5.32 Å². The van der Waals surface area contributed by atoms with Gasteiger partial charge in [0, 0.05) is 11.9 Å². The molecule has 2 aromatic carbocycles. The Morgan fingerprint density at radius 3 is 2.64 bits per heavy atom. The zero-order valence-electron chi connectivity index (χ0n) is 11.7. The van der Waals surface area contributed by atoms with Gasteiger partial charge in [-0.2, -0.15) is 0 Å². The van der Waals surface area contributed by atoms with Gasteiger partial charge in [-0.25, -0.2) is 0 Å². The summed E-state index contributed by atoms with van der Waals surface area (Å²) < 4.78 is 1.49. The summed E-state index contributed by atoms with van der Waals surface area (Å²) in [5.74, 6) is -1.48. The molecule has 0 saturated carbocycles. The Morgan fingerprint density at radius 2 is 1.86 bits per heavy atom. The molecule has 1 N–H and O–H groups in total. The van der Waals surface area contributed by atoms with E-state index >= 15 is 0 Å². The third kappa shape index (κ3) is 2.69. The van der Waals surface area contributed by atoms with Crippen LogP contribution in [0.4, 0.5) is 5.69 Å². The maximum absolute atomic E-state index is 12.6. The number of para-hydroxylation sites is 1. The van der Waals surface area contributed by atoms with Crippen molar-refractivity contribution in [1.82, 2.24) is 4.31 Å². The molecule has 2 amide bonds. The van der Waals surface area contributed by atoms with Crippen LogP contribution in [-0.4, -0.2) is 23.2 Å². The number of nitrogens with one attached hydrogen (secondary N) is 1. The summed E-state index contributed by atoms with van der Waals surface area (Å²) in [6, 6.07) is 14.4. The highest BCUT2D eigenvalue weighted by Gasteiger charge is 2.37. The molecule has 0 fully saturated rings. The van der Waals surface area contributed by atoms with Crippen molar-refractivity contribution >= 4 is 41.1 Å². The summed E-state index contributed by atoms with van der Waals surface area (Å²) in [4.78, 5) is 25.9. The van der Waals surface area contributed by atoms with Gasteiger partial charge in [-0.05, 0) is 35.7 Å². The molecule has 0 saturated heterocycles. The number of anilines is 1. The van der Waals surface area contributed by atoms with E-state index in [2.05, 4.69) is 5.32 Å². The highest BCUT2D eigenvalue weighted by Crippen LogP contribution is 2.38. The number of benzene rings is 2. The molecule has 3 rings (SSSR count). The topological polar surface area (TPSA) is 49.4 Å². The number of hydrogen-bond donors (Lipinski definition) is 1. The fourth-order valence-electron chi connectivity index (χ4n) is 2.33. The van der Waals surface area contributed by atoms with Gasteiger partial charge >= 0.3 is 0 Å². The molecule has 1 atom stereocenters. The second-order valence-corrected chi connectivity index (χ2v) is 6.44. The quantitative estimate of drug-likeness (QED) is 0.676. The lowest BCUT2D eigenvalue weighted by Gasteiger charge is -2.29. The Labute approximate surface area is 137 Å². The molecule has 4 nitrogen and oxygen atoms in total. The number of rotatable bonds is 2. The minimum atomic E-state index is -0.862. The number of likely N-dealkylation sites (N-methyl/N-ethyl adjacent to an activating group) is 1. The van der Waals surface area contributed by atoms with Crippen LogP contribution in [-0.2, 0) is 9.59 Å². The van der Waals surface area contributed by atoms with Crippen molar-refractivity contribution in [2.24, 2.45) is 0 Å². The monoisotopic (exact) mass is 332 g/mol. The molecule has 22 heavy (non-hydrogen) atoms. The van der Waals surface area contributed by atoms with Gasteiger partial charge in [0.15, 0.2) is 0 Å². The summed E-state index contributed by atoms with van der Waals surface area (Å²) in [7, 11) is 1.67. The molecule has 0 aliphatic carbocycles. The van der Waals surface area contributed by atoms with Crippen molar-refractivity contribution in [1.29, 1.82) is 0 Å². The fourth-order valence-corrected chi connectivity index (χ4v) is 3.43. The molecule has 0 spiro atoms. The van der Waals surface area contributed by atoms with Gasteiger partial charge in [0.2, 0.25) is 11.8 Å². The lowest BCUT2D eigenvalue weighted by Crippen LogP contribution is -2.37. The number of fused-ring (bicyclic) bond motifs is 1. The molecular formula is C16H13ClN2O2S. The van der Waals surface area contributed by atoms with Gasteiger partial charge in [0.05, 0.1) is 10.7 Å². The zero-order valence-corrected chi connectivity index (χ0v) is 13.3. The summed E-state index contributed by atoms with van der Waals surface area (Å²) in [5.41, 5.74) is 1.22. The Kier molecular flexibility index (Phi) is 4.09.